The van der Waals surface area contributed by atoms with Gasteiger partial charge >= 0.3 is 0 Å². The quantitative estimate of drug-likeness (QED) is 0.746. The summed E-state index contributed by atoms with van der Waals surface area (Å²) in [5.74, 6) is 0.871. The molecule has 0 amide bonds. The number of rotatable bonds is 3. The van der Waals surface area contributed by atoms with E-state index in [1.165, 1.54) is 39.0 Å². The molecule has 2 nitrogen and oxygen atoms in total. The van der Waals surface area contributed by atoms with Crippen LogP contribution >= 0.6 is 0 Å². The van der Waals surface area contributed by atoms with Gasteiger partial charge in [0.25, 0.3) is 0 Å². The summed E-state index contributed by atoms with van der Waals surface area (Å²) in [7, 11) is 2.25. The Labute approximate surface area is 89.1 Å². The van der Waals surface area contributed by atoms with Crippen molar-refractivity contribution in [3.63, 3.8) is 0 Å². The number of nitrogens with one attached hydrogen (secondary N) is 1. The first kappa shape index (κ1) is 12.0. The van der Waals surface area contributed by atoms with Crippen LogP contribution in [-0.2, 0) is 0 Å². The van der Waals surface area contributed by atoms with Gasteiger partial charge in [-0.05, 0) is 44.3 Å². The van der Waals surface area contributed by atoms with Gasteiger partial charge in [0.1, 0.15) is 0 Å². The summed E-state index contributed by atoms with van der Waals surface area (Å²) >= 11 is 0. The van der Waals surface area contributed by atoms with Crippen LogP contribution in [0.5, 0.6) is 0 Å². The summed E-state index contributed by atoms with van der Waals surface area (Å²) in [6.45, 7) is 11.8. The molecule has 1 fully saturated rings. The van der Waals surface area contributed by atoms with E-state index in [0.717, 1.165) is 5.92 Å². The number of hydrogen-bond acceptors (Lipinski definition) is 2. The van der Waals surface area contributed by atoms with E-state index in [4.69, 9.17) is 0 Å². The van der Waals surface area contributed by atoms with Gasteiger partial charge in [0.15, 0.2) is 0 Å². The highest BCUT2D eigenvalue weighted by Gasteiger charge is 2.18. The molecular weight excluding hydrogens is 172 g/mol. The summed E-state index contributed by atoms with van der Waals surface area (Å²) in [6.07, 6.45) is 2.76. The zero-order valence-electron chi connectivity index (χ0n) is 10.3. The van der Waals surface area contributed by atoms with E-state index in [9.17, 15) is 0 Å². The Balaban J connectivity index is 2.21. The third-order valence-corrected chi connectivity index (χ3v) is 2.71. The molecule has 1 aliphatic heterocycles. The largest absolute Gasteiger partial charge is 0.316 e. The van der Waals surface area contributed by atoms with Crippen molar-refractivity contribution in [3.05, 3.63) is 0 Å². The van der Waals surface area contributed by atoms with Crippen molar-refractivity contribution in [2.75, 3.05) is 33.2 Å². The maximum atomic E-state index is 3.48. The molecule has 1 N–H and O–H groups in total. The normalized spacial score (nSPS) is 24.2. The second-order valence-corrected chi connectivity index (χ2v) is 5.97. The summed E-state index contributed by atoms with van der Waals surface area (Å²) in [5.41, 5.74) is 0.427. The van der Waals surface area contributed by atoms with Crippen molar-refractivity contribution in [3.8, 4) is 0 Å². The fourth-order valence-corrected chi connectivity index (χ4v) is 2.39. The first-order chi connectivity index (χ1) is 6.47. The van der Waals surface area contributed by atoms with Crippen LogP contribution in [0, 0.1) is 11.3 Å². The SMILES string of the molecule is CN(C[C@H]1CCCNC1)CC(C)(C)C. The van der Waals surface area contributed by atoms with Gasteiger partial charge in [-0.1, -0.05) is 20.8 Å². The van der Waals surface area contributed by atoms with Gasteiger partial charge in [0, 0.05) is 13.1 Å². The van der Waals surface area contributed by atoms with Gasteiger partial charge in [-0.15, -0.1) is 0 Å². The molecular formula is C12H26N2. The lowest BCUT2D eigenvalue weighted by Gasteiger charge is -2.31. The lowest BCUT2D eigenvalue weighted by atomic mass is 9.94. The molecule has 0 aromatic rings. The predicted molar refractivity (Wildman–Crippen MR) is 62.5 cm³/mol. The Morgan fingerprint density at radius 3 is 2.57 bits per heavy atom. The smallest absolute Gasteiger partial charge is 0.00271 e. The molecule has 1 aliphatic rings. The van der Waals surface area contributed by atoms with Gasteiger partial charge in [0.2, 0.25) is 0 Å². The molecule has 0 unspecified atom stereocenters. The zero-order chi connectivity index (χ0) is 10.6. The number of hydrogen-bond donors (Lipinski definition) is 1. The molecule has 2 heteroatoms. The molecule has 0 aromatic heterocycles. The lowest BCUT2D eigenvalue weighted by Crippen LogP contribution is -2.39. The standard InChI is InChI=1S/C12H26N2/c1-12(2,3)10-14(4)9-11-6-5-7-13-8-11/h11,13H,5-10H2,1-4H3/t11-/m0/s1. The summed E-state index contributed by atoms with van der Waals surface area (Å²) in [6, 6.07) is 0. The summed E-state index contributed by atoms with van der Waals surface area (Å²) in [4.78, 5) is 2.48. The van der Waals surface area contributed by atoms with E-state index in [1.807, 2.05) is 0 Å². The zero-order valence-corrected chi connectivity index (χ0v) is 10.3. The third-order valence-electron chi connectivity index (χ3n) is 2.71. The second-order valence-electron chi connectivity index (χ2n) is 5.97. The van der Waals surface area contributed by atoms with Crippen molar-refractivity contribution < 1.29 is 0 Å². The molecule has 0 aliphatic carbocycles. The number of piperidine rings is 1. The maximum Gasteiger partial charge on any atom is 0.00271 e. The van der Waals surface area contributed by atoms with Gasteiger partial charge < -0.3 is 10.2 Å². The maximum absolute atomic E-state index is 3.48. The highest BCUT2D eigenvalue weighted by molar-refractivity contribution is 4.74. The van der Waals surface area contributed by atoms with Crippen molar-refractivity contribution in [1.29, 1.82) is 0 Å². The third kappa shape index (κ3) is 4.97. The van der Waals surface area contributed by atoms with Crippen LogP contribution in [0.15, 0.2) is 0 Å². The predicted octanol–water partition coefficient (Wildman–Crippen LogP) is 1.96. The van der Waals surface area contributed by atoms with Crippen LogP contribution < -0.4 is 5.32 Å². The minimum atomic E-state index is 0.427. The van der Waals surface area contributed by atoms with Gasteiger partial charge in [-0.25, -0.2) is 0 Å². The van der Waals surface area contributed by atoms with Crippen molar-refractivity contribution in [2.24, 2.45) is 11.3 Å². The molecule has 14 heavy (non-hydrogen) atoms. The minimum Gasteiger partial charge on any atom is -0.316 e. The lowest BCUT2D eigenvalue weighted by molar-refractivity contribution is 0.185. The molecule has 1 atom stereocenters. The van der Waals surface area contributed by atoms with Crippen LogP contribution in [0.2, 0.25) is 0 Å². The first-order valence-electron chi connectivity index (χ1n) is 5.87. The minimum absolute atomic E-state index is 0.427. The molecule has 1 heterocycles. The van der Waals surface area contributed by atoms with E-state index in [1.54, 1.807) is 0 Å². The van der Waals surface area contributed by atoms with E-state index in [2.05, 4.69) is 38.0 Å². The Bertz CT molecular complexity index is 154. The molecule has 0 bridgehead atoms. The Hall–Kier alpha value is -0.0800. The van der Waals surface area contributed by atoms with Crippen LogP contribution in [0.25, 0.3) is 0 Å². The highest BCUT2D eigenvalue weighted by Crippen LogP contribution is 2.17. The van der Waals surface area contributed by atoms with E-state index in [-0.39, 0.29) is 0 Å². The molecule has 1 saturated heterocycles. The average Bonchev–Trinajstić information content (AvgIpc) is 2.02. The van der Waals surface area contributed by atoms with Crippen molar-refractivity contribution in [1.82, 2.24) is 10.2 Å². The molecule has 0 saturated carbocycles. The van der Waals surface area contributed by atoms with E-state index in [0.29, 0.717) is 5.41 Å². The Kier molecular flexibility index (Phi) is 4.39. The van der Waals surface area contributed by atoms with Gasteiger partial charge in [-0.3, -0.25) is 0 Å². The highest BCUT2D eigenvalue weighted by atomic mass is 15.1. The molecule has 0 spiro atoms. The average molecular weight is 198 g/mol. The van der Waals surface area contributed by atoms with Gasteiger partial charge in [0.05, 0.1) is 0 Å². The molecule has 0 aromatic carbocycles. The Morgan fingerprint density at radius 1 is 1.36 bits per heavy atom. The molecule has 84 valence electrons. The van der Waals surface area contributed by atoms with Crippen molar-refractivity contribution in [2.45, 2.75) is 33.6 Å². The molecule has 0 radical (unpaired) electrons. The van der Waals surface area contributed by atoms with Gasteiger partial charge in [-0.2, -0.15) is 0 Å². The van der Waals surface area contributed by atoms with E-state index < -0.39 is 0 Å². The van der Waals surface area contributed by atoms with Crippen LogP contribution in [0.3, 0.4) is 0 Å². The summed E-state index contributed by atoms with van der Waals surface area (Å²) < 4.78 is 0. The van der Waals surface area contributed by atoms with E-state index >= 15 is 0 Å². The first-order valence-corrected chi connectivity index (χ1v) is 5.87. The van der Waals surface area contributed by atoms with Crippen molar-refractivity contribution >= 4 is 0 Å². The Morgan fingerprint density at radius 2 is 2.07 bits per heavy atom. The topological polar surface area (TPSA) is 15.3 Å². The van der Waals surface area contributed by atoms with Crippen LogP contribution in [0.1, 0.15) is 33.6 Å². The number of nitrogens with zero attached hydrogens (tertiary/aromatic N) is 1. The fourth-order valence-electron chi connectivity index (χ4n) is 2.39. The van der Waals surface area contributed by atoms with Crippen LogP contribution in [-0.4, -0.2) is 38.1 Å². The monoisotopic (exact) mass is 198 g/mol. The van der Waals surface area contributed by atoms with Crippen LogP contribution in [0.4, 0.5) is 0 Å². The summed E-state index contributed by atoms with van der Waals surface area (Å²) in [5, 5.41) is 3.48. The molecule has 1 rings (SSSR count). The second kappa shape index (κ2) is 5.13. The fraction of sp³-hybridized carbons (Fsp3) is 1.00.